The Morgan fingerprint density at radius 3 is 2.18 bits per heavy atom. The monoisotopic (exact) mass is 231 g/mol. The van der Waals surface area contributed by atoms with E-state index in [9.17, 15) is 0 Å². The minimum Gasteiger partial charge on any atom is -0.298 e. The van der Waals surface area contributed by atoms with E-state index in [0.29, 0.717) is 5.54 Å². The molecule has 0 atom stereocenters. The predicted molar refractivity (Wildman–Crippen MR) is 74.2 cm³/mol. The molecule has 1 saturated heterocycles. The quantitative estimate of drug-likeness (QED) is 0.749. The molecule has 2 rings (SSSR count). The molecule has 1 aromatic rings. The van der Waals surface area contributed by atoms with Crippen LogP contribution in [-0.2, 0) is 6.42 Å². The van der Waals surface area contributed by atoms with Gasteiger partial charge in [-0.25, -0.2) is 0 Å². The fraction of sp³-hybridized carbons (Fsp3) is 0.625. The van der Waals surface area contributed by atoms with Crippen LogP contribution in [0.5, 0.6) is 0 Å². The topological polar surface area (TPSA) is 3.24 Å². The Bertz CT molecular complexity index is 328. The smallest absolute Gasteiger partial charge is 0.0125 e. The van der Waals surface area contributed by atoms with Gasteiger partial charge in [0.05, 0.1) is 0 Å². The van der Waals surface area contributed by atoms with Gasteiger partial charge in [0.1, 0.15) is 0 Å². The summed E-state index contributed by atoms with van der Waals surface area (Å²) < 4.78 is 0. The summed E-state index contributed by atoms with van der Waals surface area (Å²) in [6.07, 6.45) is 3.97. The molecule has 0 aliphatic carbocycles. The molecule has 0 saturated carbocycles. The average Bonchev–Trinajstić information content (AvgIpc) is 2.30. The van der Waals surface area contributed by atoms with Crippen LogP contribution in [0.3, 0.4) is 0 Å². The van der Waals surface area contributed by atoms with Crippen molar-refractivity contribution in [2.75, 3.05) is 13.1 Å². The SMILES string of the molecule is CC(C)(C)N1CCC(Cc2ccccc2)CC1. The van der Waals surface area contributed by atoms with E-state index >= 15 is 0 Å². The average molecular weight is 231 g/mol. The van der Waals surface area contributed by atoms with Gasteiger partial charge < -0.3 is 0 Å². The molecule has 17 heavy (non-hydrogen) atoms. The molecule has 1 fully saturated rings. The molecule has 0 radical (unpaired) electrons. The van der Waals surface area contributed by atoms with Crippen LogP contribution in [0.15, 0.2) is 30.3 Å². The molecule has 0 aromatic heterocycles. The number of nitrogens with zero attached hydrogens (tertiary/aromatic N) is 1. The van der Waals surface area contributed by atoms with Crippen molar-refractivity contribution in [2.45, 2.75) is 45.6 Å². The maximum Gasteiger partial charge on any atom is 0.0125 e. The fourth-order valence-electron chi connectivity index (χ4n) is 2.76. The molecule has 1 heterocycles. The standard InChI is InChI=1S/C16H25N/c1-16(2,3)17-11-9-15(10-12-17)13-14-7-5-4-6-8-14/h4-8,15H,9-13H2,1-3H3. The van der Waals surface area contributed by atoms with Gasteiger partial charge in [-0.1, -0.05) is 30.3 Å². The number of hydrogen-bond donors (Lipinski definition) is 0. The summed E-state index contributed by atoms with van der Waals surface area (Å²) in [6, 6.07) is 10.9. The van der Waals surface area contributed by atoms with Gasteiger partial charge in [0.25, 0.3) is 0 Å². The van der Waals surface area contributed by atoms with Crippen molar-refractivity contribution >= 4 is 0 Å². The Hall–Kier alpha value is -0.820. The van der Waals surface area contributed by atoms with Crippen molar-refractivity contribution in [2.24, 2.45) is 5.92 Å². The van der Waals surface area contributed by atoms with E-state index in [1.54, 1.807) is 0 Å². The van der Waals surface area contributed by atoms with Crippen LogP contribution in [0.1, 0.15) is 39.2 Å². The van der Waals surface area contributed by atoms with Gasteiger partial charge in [0, 0.05) is 5.54 Å². The summed E-state index contributed by atoms with van der Waals surface area (Å²) in [6.45, 7) is 9.50. The maximum absolute atomic E-state index is 2.62. The molecule has 1 aliphatic heterocycles. The molecule has 0 bridgehead atoms. The van der Waals surface area contributed by atoms with Gasteiger partial charge >= 0.3 is 0 Å². The number of benzene rings is 1. The van der Waals surface area contributed by atoms with E-state index < -0.39 is 0 Å². The highest BCUT2D eigenvalue weighted by Crippen LogP contribution is 2.26. The first-order valence-corrected chi connectivity index (χ1v) is 6.85. The second kappa shape index (κ2) is 5.22. The normalized spacial score (nSPS) is 19.5. The van der Waals surface area contributed by atoms with E-state index in [4.69, 9.17) is 0 Å². The van der Waals surface area contributed by atoms with Crippen molar-refractivity contribution in [3.8, 4) is 0 Å². The van der Waals surface area contributed by atoms with Gasteiger partial charge in [-0.2, -0.15) is 0 Å². The zero-order chi connectivity index (χ0) is 12.3. The van der Waals surface area contributed by atoms with E-state index in [-0.39, 0.29) is 0 Å². The predicted octanol–water partition coefficient (Wildman–Crippen LogP) is 3.74. The first-order valence-electron chi connectivity index (χ1n) is 6.85. The highest BCUT2D eigenvalue weighted by molar-refractivity contribution is 5.15. The maximum atomic E-state index is 2.62. The van der Waals surface area contributed by atoms with Crippen LogP contribution in [0.2, 0.25) is 0 Å². The summed E-state index contributed by atoms with van der Waals surface area (Å²) >= 11 is 0. The minimum atomic E-state index is 0.345. The summed E-state index contributed by atoms with van der Waals surface area (Å²) in [5.41, 5.74) is 1.85. The summed E-state index contributed by atoms with van der Waals surface area (Å²) in [7, 11) is 0. The van der Waals surface area contributed by atoms with E-state index in [1.807, 2.05) is 0 Å². The summed E-state index contributed by atoms with van der Waals surface area (Å²) in [4.78, 5) is 2.62. The molecule has 1 nitrogen and oxygen atoms in total. The van der Waals surface area contributed by atoms with E-state index in [2.05, 4.69) is 56.0 Å². The summed E-state index contributed by atoms with van der Waals surface area (Å²) in [5, 5.41) is 0. The number of hydrogen-bond acceptors (Lipinski definition) is 1. The van der Waals surface area contributed by atoms with Crippen LogP contribution in [0, 0.1) is 5.92 Å². The second-order valence-corrected chi connectivity index (χ2v) is 6.29. The Morgan fingerprint density at radius 2 is 1.65 bits per heavy atom. The lowest BCUT2D eigenvalue weighted by Crippen LogP contribution is -2.46. The second-order valence-electron chi connectivity index (χ2n) is 6.29. The lowest BCUT2D eigenvalue weighted by molar-refractivity contribution is 0.0876. The van der Waals surface area contributed by atoms with Crippen LogP contribution >= 0.6 is 0 Å². The van der Waals surface area contributed by atoms with Gasteiger partial charge in [-0.15, -0.1) is 0 Å². The Balaban J connectivity index is 1.84. The molecular weight excluding hydrogens is 206 g/mol. The van der Waals surface area contributed by atoms with Crippen molar-refractivity contribution in [3.05, 3.63) is 35.9 Å². The minimum absolute atomic E-state index is 0.345. The third-order valence-electron chi connectivity index (χ3n) is 3.93. The third-order valence-corrected chi connectivity index (χ3v) is 3.93. The van der Waals surface area contributed by atoms with Crippen molar-refractivity contribution < 1.29 is 0 Å². The molecule has 1 aliphatic rings. The molecule has 1 heteroatoms. The lowest BCUT2D eigenvalue weighted by Gasteiger charge is -2.41. The Kier molecular flexibility index (Phi) is 3.88. The Morgan fingerprint density at radius 1 is 1.06 bits per heavy atom. The zero-order valence-electron chi connectivity index (χ0n) is 11.4. The van der Waals surface area contributed by atoms with Gasteiger partial charge in [0.15, 0.2) is 0 Å². The molecule has 0 amide bonds. The van der Waals surface area contributed by atoms with Gasteiger partial charge in [-0.3, -0.25) is 4.90 Å². The lowest BCUT2D eigenvalue weighted by atomic mass is 9.88. The molecule has 0 N–H and O–H groups in total. The number of piperidine rings is 1. The van der Waals surface area contributed by atoms with Crippen molar-refractivity contribution in [1.82, 2.24) is 4.90 Å². The van der Waals surface area contributed by atoms with Crippen LogP contribution in [-0.4, -0.2) is 23.5 Å². The zero-order valence-corrected chi connectivity index (χ0v) is 11.4. The van der Waals surface area contributed by atoms with Crippen LogP contribution < -0.4 is 0 Å². The largest absolute Gasteiger partial charge is 0.298 e. The molecule has 0 unspecified atom stereocenters. The highest BCUT2D eigenvalue weighted by Gasteiger charge is 2.26. The number of likely N-dealkylation sites (tertiary alicyclic amines) is 1. The first kappa shape index (κ1) is 12.6. The highest BCUT2D eigenvalue weighted by atomic mass is 15.2. The molecular formula is C16H25N. The first-order chi connectivity index (χ1) is 8.05. The molecule has 1 aromatic carbocycles. The van der Waals surface area contributed by atoms with E-state index in [0.717, 1.165) is 5.92 Å². The van der Waals surface area contributed by atoms with Crippen LogP contribution in [0.4, 0.5) is 0 Å². The van der Waals surface area contributed by atoms with Crippen molar-refractivity contribution in [3.63, 3.8) is 0 Å². The molecule has 0 spiro atoms. The Labute approximate surface area is 106 Å². The van der Waals surface area contributed by atoms with Gasteiger partial charge in [0.2, 0.25) is 0 Å². The summed E-state index contributed by atoms with van der Waals surface area (Å²) in [5.74, 6) is 0.885. The third kappa shape index (κ3) is 3.57. The molecule has 94 valence electrons. The van der Waals surface area contributed by atoms with Gasteiger partial charge in [-0.05, 0) is 64.6 Å². The van der Waals surface area contributed by atoms with Crippen molar-refractivity contribution in [1.29, 1.82) is 0 Å². The van der Waals surface area contributed by atoms with E-state index in [1.165, 1.54) is 37.9 Å². The number of rotatable bonds is 2. The van der Waals surface area contributed by atoms with Crippen LogP contribution in [0.25, 0.3) is 0 Å². The fourth-order valence-corrected chi connectivity index (χ4v) is 2.76.